The van der Waals surface area contributed by atoms with Gasteiger partial charge in [-0.25, -0.2) is 0 Å². The van der Waals surface area contributed by atoms with Gasteiger partial charge in [-0.3, -0.25) is 0 Å². The van der Waals surface area contributed by atoms with Gasteiger partial charge in [0.15, 0.2) is 0 Å². The van der Waals surface area contributed by atoms with Crippen LogP contribution in [0.15, 0.2) is 0 Å². The smallest absolute Gasteiger partial charge is 0.134 e. The van der Waals surface area contributed by atoms with Crippen molar-refractivity contribution in [3.05, 3.63) is 0 Å². The number of methoxy groups -OCH3 is 2. The zero-order valence-corrected chi connectivity index (χ0v) is 12.9. The van der Waals surface area contributed by atoms with E-state index in [-0.39, 0.29) is 15.4 Å². The lowest BCUT2D eigenvalue weighted by Gasteiger charge is -2.23. The van der Waals surface area contributed by atoms with E-state index in [0.717, 1.165) is 19.6 Å². The maximum Gasteiger partial charge on any atom is 0.134 e. The lowest BCUT2D eigenvalue weighted by atomic mass is 10.4. The fourth-order valence-electron chi connectivity index (χ4n) is 1.58. The van der Waals surface area contributed by atoms with E-state index in [1.807, 2.05) is 0 Å². The Morgan fingerprint density at radius 3 is 2.12 bits per heavy atom. The van der Waals surface area contributed by atoms with Crippen molar-refractivity contribution in [3.8, 4) is 0 Å². The normalized spacial score (nSPS) is 12.8. The van der Waals surface area contributed by atoms with E-state index >= 15 is 0 Å². The van der Waals surface area contributed by atoms with Gasteiger partial charge in [0.2, 0.25) is 0 Å². The van der Waals surface area contributed by atoms with Crippen LogP contribution in [0.25, 0.3) is 0 Å². The highest BCUT2D eigenvalue weighted by Gasteiger charge is 2.08. The molecule has 4 nitrogen and oxygen atoms in total. The summed E-state index contributed by atoms with van der Waals surface area (Å²) < 4.78 is 10.5. The Balaban J connectivity index is 3.61. The van der Waals surface area contributed by atoms with Crippen LogP contribution < -0.4 is 0 Å². The maximum atomic E-state index is 5.23. The first-order valence-corrected chi connectivity index (χ1v) is 7.88. The largest absolute Gasteiger partial charge is 0.360 e. The highest BCUT2D eigenvalue weighted by atomic mass is 28.2. The summed E-state index contributed by atoms with van der Waals surface area (Å²) in [6.45, 7) is 6.82. The van der Waals surface area contributed by atoms with Gasteiger partial charge in [-0.05, 0) is 33.2 Å². The van der Waals surface area contributed by atoms with Crippen LogP contribution in [0, 0.1) is 0 Å². The molecule has 0 fully saturated rings. The standard InChI is InChI=1S/C11H28N2O2Si/c1-6-13(8-7-12(2)3)9-10-16-11(14-4)15-5/h11H,6-10,16H2,1-5H3. The Kier molecular flexibility index (Phi) is 10.3. The third-order valence-corrected chi connectivity index (χ3v) is 4.61. The monoisotopic (exact) mass is 248 g/mol. The van der Waals surface area contributed by atoms with Gasteiger partial charge in [0.1, 0.15) is 5.91 Å². The average molecular weight is 248 g/mol. The molecule has 0 heterocycles. The molecule has 5 heteroatoms. The summed E-state index contributed by atoms with van der Waals surface area (Å²) in [7, 11) is 7.43. The summed E-state index contributed by atoms with van der Waals surface area (Å²) in [6, 6.07) is 1.26. The first-order chi connectivity index (χ1) is 7.63. The summed E-state index contributed by atoms with van der Waals surface area (Å²) >= 11 is 0. The molecule has 0 aromatic heterocycles. The highest BCUT2D eigenvalue weighted by Crippen LogP contribution is 1.96. The van der Waals surface area contributed by atoms with Crippen molar-refractivity contribution >= 4 is 9.52 Å². The molecule has 0 atom stereocenters. The molecule has 0 unspecified atom stereocenters. The molecule has 0 saturated heterocycles. The van der Waals surface area contributed by atoms with Crippen LogP contribution in [0.5, 0.6) is 0 Å². The molecule has 0 bridgehead atoms. The SMILES string of the molecule is CCN(CC[SiH2]C(OC)OC)CCN(C)C. The molecule has 0 saturated carbocycles. The van der Waals surface area contributed by atoms with E-state index in [9.17, 15) is 0 Å². The minimum Gasteiger partial charge on any atom is -0.360 e. The summed E-state index contributed by atoms with van der Waals surface area (Å²) in [5.74, 6) is 0.0903. The van der Waals surface area contributed by atoms with E-state index in [1.54, 1.807) is 14.2 Å². The van der Waals surface area contributed by atoms with E-state index in [2.05, 4.69) is 30.8 Å². The van der Waals surface area contributed by atoms with Crippen LogP contribution >= 0.6 is 0 Å². The fraction of sp³-hybridized carbons (Fsp3) is 1.00. The summed E-state index contributed by atoms with van der Waals surface area (Å²) in [5.41, 5.74) is 0. The molecular formula is C11H28N2O2Si. The van der Waals surface area contributed by atoms with Crippen molar-refractivity contribution in [3.63, 3.8) is 0 Å². The summed E-state index contributed by atoms with van der Waals surface area (Å²) in [5, 5.41) is 0. The lowest BCUT2D eigenvalue weighted by Crippen LogP contribution is -2.34. The van der Waals surface area contributed by atoms with Gasteiger partial charge in [0, 0.05) is 27.3 Å². The van der Waals surface area contributed by atoms with Gasteiger partial charge < -0.3 is 19.3 Å². The second-order valence-corrected chi connectivity index (χ2v) is 6.23. The van der Waals surface area contributed by atoms with Gasteiger partial charge in [-0.15, -0.1) is 0 Å². The van der Waals surface area contributed by atoms with Crippen molar-refractivity contribution in [1.82, 2.24) is 9.80 Å². The number of ether oxygens (including phenoxy) is 2. The van der Waals surface area contributed by atoms with Gasteiger partial charge in [-0.1, -0.05) is 6.92 Å². The van der Waals surface area contributed by atoms with Crippen LogP contribution in [0.1, 0.15) is 6.92 Å². The maximum absolute atomic E-state index is 5.23. The molecule has 0 aliphatic carbocycles. The van der Waals surface area contributed by atoms with E-state index in [0.29, 0.717) is 0 Å². The van der Waals surface area contributed by atoms with Gasteiger partial charge in [0.25, 0.3) is 0 Å². The zero-order valence-electron chi connectivity index (χ0n) is 11.5. The second-order valence-electron chi connectivity index (χ2n) is 4.28. The topological polar surface area (TPSA) is 24.9 Å². The molecular weight excluding hydrogens is 220 g/mol. The van der Waals surface area contributed by atoms with E-state index < -0.39 is 0 Å². The molecule has 0 radical (unpaired) electrons. The molecule has 16 heavy (non-hydrogen) atoms. The Morgan fingerprint density at radius 2 is 1.69 bits per heavy atom. The summed E-state index contributed by atoms with van der Waals surface area (Å²) in [6.07, 6.45) is 0. The molecule has 0 rings (SSSR count). The summed E-state index contributed by atoms with van der Waals surface area (Å²) in [4.78, 5) is 4.72. The molecule has 0 aromatic carbocycles. The van der Waals surface area contributed by atoms with E-state index in [4.69, 9.17) is 9.47 Å². The lowest BCUT2D eigenvalue weighted by molar-refractivity contribution is -0.0442. The predicted molar refractivity (Wildman–Crippen MR) is 71.8 cm³/mol. The Labute approximate surface area is 103 Å². The molecule has 0 N–H and O–H groups in total. The van der Waals surface area contributed by atoms with E-state index in [1.165, 1.54) is 12.6 Å². The third kappa shape index (κ3) is 8.24. The molecule has 0 amide bonds. The average Bonchev–Trinajstić information content (AvgIpc) is 2.28. The van der Waals surface area contributed by atoms with Crippen LogP contribution in [0.2, 0.25) is 6.04 Å². The number of rotatable bonds is 10. The number of likely N-dealkylation sites (N-methyl/N-ethyl adjacent to an activating group) is 2. The predicted octanol–water partition coefficient (Wildman–Crippen LogP) is 0.0334. The number of hydrogen-bond acceptors (Lipinski definition) is 4. The first kappa shape index (κ1) is 16.1. The Bertz CT molecular complexity index is 155. The molecule has 98 valence electrons. The Morgan fingerprint density at radius 1 is 1.06 bits per heavy atom. The third-order valence-electron chi connectivity index (χ3n) is 2.75. The van der Waals surface area contributed by atoms with Crippen LogP contribution in [0.4, 0.5) is 0 Å². The van der Waals surface area contributed by atoms with Gasteiger partial charge >= 0.3 is 0 Å². The minimum atomic E-state index is -0.263. The zero-order chi connectivity index (χ0) is 12.4. The van der Waals surface area contributed by atoms with Crippen molar-refractivity contribution in [2.75, 3.05) is 54.5 Å². The second kappa shape index (κ2) is 10.2. The van der Waals surface area contributed by atoms with Crippen molar-refractivity contribution in [1.29, 1.82) is 0 Å². The highest BCUT2D eigenvalue weighted by molar-refractivity contribution is 6.36. The van der Waals surface area contributed by atoms with Gasteiger partial charge in [0.05, 0.1) is 9.52 Å². The van der Waals surface area contributed by atoms with Gasteiger partial charge in [-0.2, -0.15) is 0 Å². The fourth-order valence-corrected chi connectivity index (χ4v) is 3.02. The minimum absolute atomic E-state index is 0.0903. The first-order valence-electron chi connectivity index (χ1n) is 6.06. The molecule has 0 aliphatic rings. The van der Waals surface area contributed by atoms with Crippen molar-refractivity contribution < 1.29 is 9.47 Å². The molecule has 0 aromatic rings. The number of nitrogens with zero attached hydrogens (tertiary/aromatic N) is 2. The Hall–Kier alpha value is 0.0569. The quantitative estimate of drug-likeness (QED) is 0.402. The van der Waals surface area contributed by atoms with Crippen molar-refractivity contribution in [2.24, 2.45) is 0 Å². The number of hydrogen-bond donors (Lipinski definition) is 0. The van der Waals surface area contributed by atoms with Crippen LogP contribution in [-0.4, -0.2) is 79.7 Å². The molecule has 0 spiro atoms. The van der Waals surface area contributed by atoms with Crippen molar-refractivity contribution in [2.45, 2.75) is 18.9 Å². The van der Waals surface area contributed by atoms with Crippen LogP contribution in [-0.2, 0) is 9.47 Å². The molecule has 0 aliphatic heterocycles. The van der Waals surface area contributed by atoms with Crippen LogP contribution in [0.3, 0.4) is 0 Å².